The van der Waals surface area contributed by atoms with Crippen LogP contribution in [0, 0.1) is 0 Å². The Bertz CT molecular complexity index is 577. The highest BCUT2D eigenvalue weighted by molar-refractivity contribution is 9.10. The highest BCUT2D eigenvalue weighted by atomic mass is 79.9. The number of hydrogen-bond acceptors (Lipinski definition) is 3. The van der Waals surface area contributed by atoms with Crippen LogP contribution < -0.4 is 10.6 Å². The molecule has 4 nitrogen and oxygen atoms in total. The van der Waals surface area contributed by atoms with Gasteiger partial charge in [-0.15, -0.1) is 0 Å². The second-order valence-electron chi connectivity index (χ2n) is 3.63. The van der Waals surface area contributed by atoms with E-state index in [9.17, 15) is 4.79 Å². The topological polar surface area (TPSA) is 54.3 Å². The second kappa shape index (κ2) is 3.52. The van der Waals surface area contributed by atoms with Crippen molar-refractivity contribution >= 4 is 38.5 Å². The van der Waals surface area contributed by atoms with Crippen LogP contribution in [0.25, 0.3) is 11.0 Å². The fourth-order valence-electron chi connectivity index (χ4n) is 1.85. The molecule has 1 amide bonds. The number of benzene rings is 1. The van der Waals surface area contributed by atoms with Crippen molar-refractivity contribution in [3.05, 3.63) is 28.4 Å². The van der Waals surface area contributed by atoms with Crippen LogP contribution >= 0.6 is 15.9 Å². The van der Waals surface area contributed by atoms with Crippen molar-refractivity contribution in [1.29, 1.82) is 0 Å². The smallest absolute Gasteiger partial charge is 0.289 e. The van der Waals surface area contributed by atoms with E-state index in [1.807, 2.05) is 18.2 Å². The predicted molar refractivity (Wildman–Crippen MR) is 64.7 cm³/mol. The van der Waals surface area contributed by atoms with Gasteiger partial charge < -0.3 is 15.1 Å². The SMILES string of the molecule is O=C1NCCNc2c1oc1ccc(Br)cc21. The summed E-state index contributed by atoms with van der Waals surface area (Å²) in [4.78, 5) is 11.7. The number of fused-ring (bicyclic) bond motifs is 3. The summed E-state index contributed by atoms with van der Waals surface area (Å²) in [7, 11) is 0. The van der Waals surface area contributed by atoms with Gasteiger partial charge in [-0.25, -0.2) is 0 Å². The molecule has 0 radical (unpaired) electrons. The van der Waals surface area contributed by atoms with Gasteiger partial charge in [0.2, 0.25) is 5.76 Å². The second-order valence-corrected chi connectivity index (χ2v) is 4.55. The first-order valence-electron chi connectivity index (χ1n) is 5.00. The lowest BCUT2D eigenvalue weighted by atomic mass is 10.2. The third-order valence-electron chi connectivity index (χ3n) is 2.57. The lowest BCUT2D eigenvalue weighted by molar-refractivity contribution is 0.0933. The number of furan rings is 1. The minimum Gasteiger partial charge on any atom is -0.449 e. The molecule has 5 heteroatoms. The van der Waals surface area contributed by atoms with E-state index < -0.39 is 0 Å². The van der Waals surface area contributed by atoms with E-state index in [-0.39, 0.29) is 5.91 Å². The Hall–Kier alpha value is -1.49. The molecule has 82 valence electrons. The molecule has 1 aliphatic heterocycles. The summed E-state index contributed by atoms with van der Waals surface area (Å²) in [6, 6.07) is 5.69. The van der Waals surface area contributed by atoms with Crippen LogP contribution in [0.5, 0.6) is 0 Å². The van der Waals surface area contributed by atoms with Crippen LogP contribution in [0.2, 0.25) is 0 Å². The van der Waals surface area contributed by atoms with Crippen molar-refractivity contribution in [2.45, 2.75) is 0 Å². The zero-order valence-electron chi connectivity index (χ0n) is 8.34. The van der Waals surface area contributed by atoms with Crippen LogP contribution in [0.1, 0.15) is 10.6 Å². The van der Waals surface area contributed by atoms with Gasteiger partial charge in [0.15, 0.2) is 0 Å². The lowest BCUT2D eigenvalue weighted by Crippen LogP contribution is -2.24. The molecule has 1 aliphatic rings. The molecule has 1 aromatic carbocycles. The number of anilines is 1. The van der Waals surface area contributed by atoms with E-state index in [2.05, 4.69) is 26.6 Å². The fraction of sp³-hybridized carbons (Fsp3) is 0.182. The fourth-order valence-corrected chi connectivity index (χ4v) is 2.21. The van der Waals surface area contributed by atoms with Crippen molar-refractivity contribution in [2.75, 3.05) is 18.4 Å². The Morgan fingerprint density at radius 2 is 2.06 bits per heavy atom. The summed E-state index contributed by atoms with van der Waals surface area (Å²) in [5.41, 5.74) is 1.50. The summed E-state index contributed by atoms with van der Waals surface area (Å²) in [6.45, 7) is 1.32. The average Bonchev–Trinajstić information content (AvgIpc) is 2.52. The Balaban J connectivity index is 2.30. The third kappa shape index (κ3) is 1.39. The van der Waals surface area contributed by atoms with Gasteiger partial charge in [-0.2, -0.15) is 0 Å². The van der Waals surface area contributed by atoms with Gasteiger partial charge in [0.1, 0.15) is 5.58 Å². The summed E-state index contributed by atoms with van der Waals surface area (Å²) >= 11 is 3.41. The Morgan fingerprint density at radius 1 is 1.25 bits per heavy atom. The van der Waals surface area contributed by atoms with Gasteiger partial charge in [0.05, 0.1) is 5.69 Å². The normalized spacial score (nSPS) is 15.2. The predicted octanol–water partition coefficient (Wildman–Crippen LogP) is 2.35. The summed E-state index contributed by atoms with van der Waals surface area (Å²) in [5.74, 6) is 0.206. The van der Waals surface area contributed by atoms with Gasteiger partial charge in [-0.05, 0) is 18.2 Å². The van der Waals surface area contributed by atoms with Gasteiger partial charge in [0.25, 0.3) is 5.91 Å². The lowest BCUT2D eigenvalue weighted by Gasteiger charge is -1.99. The summed E-state index contributed by atoms with van der Waals surface area (Å²) < 4.78 is 6.51. The maximum atomic E-state index is 11.7. The first kappa shape index (κ1) is 9.72. The average molecular weight is 281 g/mol. The number of nitrogens with one attached hydrogen (secondary N) is 2. The number of amides is 1. The molecule has 2 heterocycles. The standard InChI is InChI=1S/C11H9BrN2O2/c12-6-1-2-8-7(5-6)9-10(16-8)11(15)14-4-3-13-9/h1-2,5,13H,3-4H2,(H,14,15). The zero-order chi connectivity index (χ0) is 11.1. The van der Waals surface area contributed by atoms with E-state index in [0.717, 1.165) is 21.1 Å². The zero-order valence-corrected chi connectivity index (χ0v) is 9.93. The number of carbonyl (C=O) groups is 1. The molecule has 0 spiro atoms. The van der Waals surface area contributed by atoms with E-state index in [4.69, 9.17) is 4.42 Å². The third-order valence-corrected chi connectivity index (χ3v) is 3.06. The molecule has 2 N–H and O–H groups in total. The number of hydrogen-bond donors (Lipinski definition) is 2. The molecule has 0 aliphatic carbocycles. The van der Waals surface area contributed by atoms with Gasteiger partial charge >= 0.3 is 0 Å². The summed E-state index contributed by atoms with van der Waals surface area (Å²) in [6.07, 6.45) is 0. The van der Waals surface area contributed by atoms with E-state index in [1.165, 1.54) is 0 Å². The monoisotopic (exact) mass is 280 g/mol. The minimum absolute atomic E-state index is 0.160. The number of carbonyl (C=O) groups excluding carboxylic acids is 1. The molecule has 2 aromatic rings. The highest BCUT2D eigenvalue weighted by Gasteiger charge is 2.22. The molecular formula is C11H9BrN2O2. The van der Waals surface area contributed by atoms with Crippen LogP contribution in [0.4, 0.5) is 5.69 Å². The molecule has 1 aromatic heterocycles. The first-order valence-corrected chi connectivity index (χ1v) is 5.79. The van der Waals surface area contributed by atoms with Crippen molar-refractivity contribution in [3.8, 4) is 0 Å². The number of rotatable bonds is 0. The Morgan fingerprint density at radius 3 is 2.94 bits per heavy atom. The largest absolute Gasteiger partial charge is 0.449 e. The van der Waals surface area contributed by atoms with Gasteiger partial charge in [-0.3, -0.25) is 4.79 Å². The number of halogens is 1. The van der Waals surface area contributed by atoms with Crippen molar-refractivity contribution < 1.29 is 9.21 Å². The van der Waals surface area contributed by atoms with Crippen molar-refractivity contribution in [3.63, 3.8) is 0 Å². The summed E-state index contributed by atoms with van der Waals surface area (Å²) in [5, 5.41) is 6.91. The van der Waals surface area contributed by atoms with Crippen LogP contribution in [-0.4, -0.2) is 19.0 Å². The first-order chi connectivity index (χ1) is 7.75. The highest BCUT2D eigenvalue weighted by Crippen LogP contribution is 2.33. The van der Waals surface area contributed by atoms with E-state index in [0.29, 0.717) is 18.8 Å². The molecular weight excluding hydrogens is 272 g/mol. The van der Waals surface area contributed by atoms with Crippen LogP contribution in [0.15, 0.2) is 27.1 Å². The maximum absolute atomic E-state index is 11.7. The Kier molecular flexibility index (Phi) is 2.14. The minimum atomic E-state index is -0.160. The Labute approximate surface area is 100 Å². The van der Waals surface area contributed by atoms with Gasteiger partial charge in [0, 0.05) is 22.9 Å². The van der Waals surface area contributed by atoms with Crippen LogP contribution in [0.3, 0.4) is 0 Å². The molecule has 0 saturated heterocycles. The van der Waals surface area contributed by atoms with E-state index >= 15 is 0 Å². The molecule has 0 fully saturated rings. The molecule has 0 bridgehead atoms. The molecule has 3 rings (SSSR count). The van der Waals surface area contributed by atoms with Crippen molar-refractivity contribution in [1.82, 2.24) is 5.32 Å². The van der Waals surface area contributed by atoms with Gasteiger partial charge in [-0.1, -0.05) is 15.9 Å². The maximum Gasteiger partial charge on any atom is 0.289 e. The molecule has 0 unspecified atom stereocenters. The molecule has 0 saturated carbocycles. The van der Waals surface area contributed by atoms with Crippen LogP contribution in [-0.2, 0) is 0 Å². The van der Waals surface area contributed by atoms with Crippen molar-refractivity contribution in [2.24, 2.45) is 0 Å². The molecule has 16 heavy (non-hydrogen) atoms. The quantitative estimate of drug-likeness (QED) is 0.779. The van der Waals surface area contributed by atoms with E-state index in [1.54, 1.807) is 0 Å². The molecule has 0 atom stereocenters.